The SMILES string of the molecule is CCN(CCNc1ncc(F)cn1)C1CC1. The third-order valence-corrected chi connectivity index (χ3v) is 2.77. The van der Waals surface area contributed by atoms with Crippen LogP contribution in [0.15, 0.2) is 12.4 Å². The molecule has 0 saturated heterocycles. The molecule has 1 fully saturated rings. The zero-order valence-corrected chi connectivity index (χ0v) is 9.49. The Morgan fingerprint density at radius 2 is 2.12 bits per heavy atom. The lowest BCUT2D eigenvalue weighted by Gasteiger charge is -2.19. The van der Waals surface area contributed by atoms with E-state index >= 15 is 0 Å². The zero-order chi connectivity index (χ0) is 11.4. The Balaban J connectivity index is 1.72. The first-order valence-electron chi connectivity index (χ1n) is 5.75. The minimum Gasteiger partial charge on any atom is -0.353 e. The standard InChI is InChI=1S/C11H17FN4/c1-2-16(10-3-4-10)6-5-13-11-14-7-9(12)8-15-11/h7-8,10H,2-6H2,1H3,(H,13,14,15). The van der Waals surface area contributed by atoms with E-state index in [4.69, 9.17) is 0 Å². The lowest BCUT2D eigenvalue weighted by molar-refractivity contribution is 0.289. The van der Waals surface area contributed by atoms with Crippen LogP contribution >= 0.6 is 0 Å². The summed E-state index contributed by atoms with van der Waals surface area (Å²) in [7, 11) is 0. The Bertz CT molecular complexity index is 323. The number of nitrogens with zero attached hydrogens (tertiary/aromatic N) is 3. The average Bonchev–Trinajstić information content (AvgIpc) is 3.11. The van der Waals surface area contributed by atoms with Crippen molar-refractivity contribution in [1.82, 2.24) is 14.9 Å². The van der Waals surface area contributed by atoms with Crippen molar-refractivity contribution in [3.05, 3.63) is 18.2 Å². The van der Waals surface area contributed by atoms with Gasteiger partial charge in [-0.2, -0.15) is 0 Å². The molecule has 1 saturated carbocycles. The molecule has 1 aromatic heterocycles. The normalized spacial score (nSPS) is 15.4. The van der Waals surface area contributed by atoms with E-state index < -0.39 is 5.82 Å². The molecule has 1 aliphatic rings. The molecule has 2 rings (SSSR count). The summed E-state index contributed by atoms with van der Waals surface area (Å²) in [4.78, 5) is 10.1. The largest absolute Gasteiger partial charge is 0.353 e. The van der Waals surface area contributed by atoms with Crippen LogP contribution < -0.4 is 5.32 Å². The van der Waals surface area contributed by atoms with Gasteiger partial charge in [0.05, 0.1) is 12.4 Å². The molecule has 88 valence electrons. The topological polar surface area (TPSA) is 41.0 Å². The molecule has 0 spiro atoms. The van der Waals surface area contributed by atoms with Gasteiger partial charge in [0.2, 0.25) is 5.95 Å². The molecule has 16 heavy (non-hydrogen) atoms. The molecular weight excluding hydrogens is 207 g/mol. The summed E-state index contributed by atoms with van der Waals surface area (Å²) >= 11 is 0. The molecule has 1 N–H and O–H groups in total. The van der Waals surface area contributed by atoms with Gasteiger partial charge >= 0.3 is 0 Å². The lowest BCUT2D eigenvalue weighted by Crippen LogP contribution is -2.31. The molecule has 0 aromatic carbocycles. The van der Waals surface area contributed by atoms with Gasteiger partial charge in [-0.3, -0.25) is 4.90 Å². The zero-order valence-electron chi connectivity index (χ0n) is 9.49. The van der Waals surface area contributed by atoms with Crippen LogP contribution in [0, 0.1) is 5.82 Å². The van der Waals surface area contributed by atoms with Crippen LogP contribution in [0.5, 0.6) is 0 Å². The van der Waals surface area contributed by atoms with Crippen molar-refractivity contribution in [2.45, 2.75) is 25.8 Å². The first kappa shape index (κ1) is 11.3. The Hall–Kier alpha value is -1.23. The molecule has 0 unspecified atom stereocenters. The van der Waals surface area contributed by atoms with Gasteiger partial charge in [0, 0.05) is 19.1 Å². The number of hydrogen-bond donors (Lipinski definition) is 1. The molecule has 1 aromatic rings. The van der Waals surface area contributed by atoms with Gasteiger partial charge in [0.15, 0.2) is 5.82 Å². The average molecular weight is 224 g/mol. The molecule has 4 nitrogen and oxygen atoms in total. The Kier molecular flexibility index (Phi) is 3.66. The summed E-state index contributed by atoms with van der Waals surface area (Å²) in [6.07, 6.45) is 4.99. The van der Waals surface area contributed by atoms with Gasteiger partial charge < -0.3 is 5.32 Å². The van der Waals surface area contributed by atoms with Gasteiger partial charge in [-0.15, -0.1) is 0 Å². The fraction of sp³-hybridized carbons (Fsp3) is 0.636. The molecule has 0 amide bonds. The quantitative estimate of drug-likeness (QED) is 0.795. The lowest BCUT2D eigenvalue weighted by atomic mass is 10.4. The summed E-state index contributed by atoms with van der Waals surface area (Å²) in [5.41, 5.74) is 0. The Morgan fingerprint density at radius 3 is 2.69 bits per heavy atom. The van der Waals surface area contributed by atoms with E-state index in [9.17, 15) is 4.39 Å². The second kappa shape index (κ2) is 5.21. The maximum Gasteiger partial charge on any atom is 0.222 e. The highest BCUT2D eigenvalue weighted by Gasteiger charge is 2.27. The number of hydrogen-bond acceptors (Lipinski definition) is 4. The fourth-order valence-electron chi connectivity index (χ4n) is 1.75. The van der Waals surface area contributed by atoms with Gasteiger partial charge in [0.1, 0.15) is 0 Å². The van der Waals surface area contributed by atoms with Crippen LogP contribution in [-0.4, -0.2) is 40.5 Å². The van der Waals surface area contributed by atoms with Crippen molar-refractivity contribution in [2.75, 3.05) is 25.0 Å². The van der Waals surface area contributed by atoms with Crippen molar-refractivity contribution in [3.8, 4) is 0 Å². The molecule has 5 heteroatoms. The van der Waals surface area contributed by atoms with Crippen molar-refractivity contribution in [2.24, 2.45) is 0 Å². The van der Waals surface area contributed by atoms with Crippen LogP contribution in [0.25, 0.3) is 0 Å². The smallest absolute Gasteiger partial charge is 0.222 e. The highest BCUT2D eigenvalue weighted by Crippen LogP contribution is 2.25. The van der Waals surface area contributed by atoms with Gasteiger partial charge in [-0.1, -0.05) is 6.92 Å². The van der Waals surface area contributed by atoms with Crippen LogP contribution in [-0.2, 0) is 0 Å². The van der Waals surface area contributed by atoms with Crippen LogP contribution in [0.4, 0.5) is 10.3 Å². The summed E-state index contributed by atoms with van der Waals surface area (Å²) < 4.78 is 12.5. The maximum atomic E-state index is 12.5. The van der Waals surface area contributed by atoms with E-state index in [1.54, 1.807) is 0 Å². The fourth-order valence-corrected chi connectivity index (χ4v) is 1.75. The van der Waals surface area contributed by atoms with Gasteiger partial charge in [-0.05, 0) is 19.4 Å². The minimum absolute atomic E-state index is 0.404. The van der Waals surface area contributed by atoms with Crippen LogP contribution in [0.3, 0.4) is 0 Å². The van der Waals surface area contributed by atoms with Gasteiger partial charge in [0.25, 0.3) is 0 Å². The highest BCUT2D eigenvalue weighted by atomic mass is 19.1. The van der Waals surface area contributed by atoms with Crippen molar-refractivity contribution < 1.29 is 4.39 Å². The predicted molar refractivity (Wildman–Crippen MR) is 60.7 cm³/mol. The van der Waals surface area contributed by atoms with E-state index in [1.165, 1.54) is 25.2 Å². The monoisotopic (exact) mass is 224 g/mol. The molecule has 0 bridgehead atoms. The van der Waals surface area contributed by atoms with Crippen molar-refractivity contribution in [3.63, 3.8) is 0 Å². The van der Waals surface area contributed by atoms with Crippen LogP contribution in [0.2, 0.25) is 0 Å². The van der Waals surface area contributed by atoms with E-state index in [-0.39, 0.29) is 0 Å². The molecule has 1 aliphatic carbocycles. The number of halogens is 1. The van der Waals surface area contributed by atoms with E-state index in [0.717, 1.165) is 25.7 Å². The molecule has 0 aliphatic heterocycles. The van der Waals surface area contributed by atoms with E-state index in [2.05, 4.69) is 27.1 Å². The predicted octanol–water partition coefficient (Wildman–Crippen LogP) is 1.51. The van der Waals surface area contributed by atoms with E-state index in [0.29, 0.717) is 5.95 Å². The molecule has 0 atom stereocenters. The summed E-state index contributed by atoms with van der Waals surface area (Å²) in [5.74, 6) is 0.0898. The third-order valence-electron chi connectivity index (χ3n) is 2.77. The Labute approximate surface area is 94.9 Å². The van der Waals surface area contributed by atoms with Crippen molar-refractivity contribution in [1.29, 1.82) is 0 Å². The molecule has 0 radical (unpaired) electrons. The maximum absolute atomic E-state index is 12.5. The molecule has 1 heterocycles. The van der Waals surface area contributed by atoms with Gasteiger partial charge in [-0.25, -0.2) is 14.4 Å². The second-order valence-electron chi connectivity index (χ2n) is 4.01. The molecular formula is C11H17FN4. The third kappa shape index (κ3) is 3.13. The number of nitrogens with one attached hydrogen (secondary N) is 1. The first-order chi connectivity index (χ1) is 7.79. The van der Waals surface area contributed by atoms with Crippen molar-refractivity contribution >= 4 is 5.95 Å². The summed E-state index contributed by atoms with van der Waals surface area (Å²) in [6, 6.07) is 0.779. The highest BCUT2D eigenvalue weighted by molar-refractivity contribution is 5.22. The van der Waals surface area contributed by atoms with Crippen LogP contribution in [0.1, 0.15) is 19.8 Å². The van der Waals surface area contributed by atoms with E-state index in [1.807, 2.05) is 0 Å². The number of likely N-dealkylation sites (N-methyl/N-ethyl adjacent to an activating group) is 1. The summed E-state index contributed by atoms with van der Waals surface area (Å²) in [5, 5.41) is 3.09. The minimum atomic E-state index is -0.404. The second-order valence-corrected chi connectivity index (χ2v) is 4.01. The summed E-state index contributed by atoms with van der Waals surface area (Å²) in [6.45, 7) is 5.04. The number of anilines is 1. The number of rotatable bonds is 6. The Morgan fingerprint density at radius 1 is 1.44 bits per heavy atom. The first-order valence-corrected chi connectivity index (χ1v) is 5.75. The number of aromatic nitrogens is 2.